The summed E-state index contributed by atoms with van der Waals surface area (Å²) in [4.78, 5) is 12.3. The molecule has 4 heteroatoms. The number of benzene rings is 1. The van der Waals surface area contributed by atoms with E-state index < -0.39 is 0 Å². The molecular formula is C16H24N2O2. The van der Waals surface area contributed by atoms with E-state index in [1.54, 1.807) is 7.11 Å². The molecule has 1 amide bonds. The van der Waals surface area contributed by atoms with Crippen molar-refractivity contribution in [1.82, 2.24) is 10.6 Å². The molecule has 0 saturated carbocycles. The van der Waals surface area contributed by atoms with Gasteiger partial charge in [-0.15, -0.1) is 0 Å². The normalized spacial score (nSPS) is 21.7. The van der Waals surface area contributed by atoms with Crippen LogP contribution in [0.3, 0.4) is 0 Å². The smallest absolute Gasteiger partial charge is 0.225 e. The van der Waals surface area contributed by atoms with Crippen LogP contribution in [0.5, 0.6) is 5.75 Å². The first kappa shape index (κ1) is 14.9. The zero-order chi connectivity index (χ0) is 14.4. The monoisotopic (exact) mass is 276 g/mol. The second-order valence-electron chi connectivity index (χ2n) is 5.26. The molecule has 1 aliphatic heterocycles. The lowest BCUT2D eigenvalue weighted by Crippen LogP contribution is -2.35. The number of para-hydroxylation sites is 1. The first-order chi connectivity index (χ1) is 9.77. The minimum atomic E-state index is -0.0110. The summed E-state index contributed by atoms with van der Waals surface area (Å²) < 4.78 is 5.42. The summed E-state index contributed by atoms with van der Waals surface area (Å²) in [5, 5.41) is 6.37. The summed E-state index contributed by atoms with van der Waals surface area (Å²) >= 11 is 0. The third-order valence-corrected chi connectivity index (χ3v) is 3.92. The Kier molecular flexibility index (Phi) is 5.41. The largest absolute Gasteiger partial charge is 0.496 e. The Balaban J connectivity index is 2.08. The molecule has 1 aromatic rings. The van der Waals surface area contributed by atoms with Crippen LogP contribution in [-0.4, -0.2) is 32.7 Å². The Morgan fingerprint density at radius 1 is 1.40 bits per heavy atom. The Labute approximate surface area is 120 Å². The standard InChI is InChI=1S/C16H24N2O2/c1-3-4-9-18-16(19)14-11-17-10-13(14)12-7-5-6-8-15(12)20-2/h5-8,13-14,17H,3-4,9-11H2,1-2H3,(H,18,19). The molecule has 0 aromatic heterocycles. The Hall–Kier alpha value is -1.55. The minimum Gasteiger partial charge on any atom is -0.496 e. The molecule has 2 N–H and O–H groups in total. The van der Waals surface area contributed by atoms with Gasteiger partial charge in [0, 0.05) is 25.6 Å². The predicted octanol–water partition coefficient (Wildman–Crippen LogP) is 1.91. The van der Waals surface area contributed by atoms with Gasteiger partial charge in [0.1, 0.15) is 5.75 Å². The van der Waals surface area contributed by atoms with E-state index in [1.165, 1.54) is 0 Å². The van der Waals surface area contributed by atoms with Crippen LogP contribution < -0.4 is 15.4 Å². The predicted molar refractivity (Wildman–Crippen MR) is 80.0 cm³/mol. The Bertz CT molecular complexity index is 448. The van der Waals surface area contributed by atoms with E-state index in [0.717, 1.165) is 43.8 Å². The SMILES string of the molecule is CCCCNC(=O)C1CNCC1c1ccccc1OC. The zero-order valence-electron chi connectivity index (χ0n) is 12.3. The van der Waals surface area contributed by atoms with E-state index in [-0.39, 0.29) is 17.7 Å². The second-order valence-corrected chi connectivity index (χ2v) is 5.26. The van der Waals surface area contributed by atoms with E-state index in [0.29, 0.717) is 0 Å². The summed E-state index contributed by atoms with van der Waals surface area (Å²) in [7, 11) is 1.68. The van der Waals surface area contributed by atoms with Crippen LogP contribution in [0.15, 0.2) is 24.3 Å². The lowest BCUT2D eigenvalue weighted by atomic mass is 9.87. The third-order valence-electron chi connectivity index (χ3n) is 3.92. The molecule has 2 atom stereocenters. The second kappa shape index (κ2) is 7.29. The van der Waals surface area contributed by atoms with E-state index >= 15 is 0 Å². The van der Waals surface area contributed by atoms with Crippen molar-refractivity contribution in [2.24, 2.45) is 5.92 Å². The maximum Gasteiger partial charge on any atom is 0.225 e. The number of nitrogens with one attached hydrogen (secondary N) is 2. The fourth-order valence-electron chi connectivity index (χ4n) is 2.77. The third kappa shape index (κ3) is 3.31. The number of hydrogen-bond acceptors (Lipinski definition) is 3. The highest BCUT2D eigenvalue weighted by Crippen LogP contribution is 2.34. The fraction of sp³-hybridized carbons (Fsp3) is 0.562. The summed E-state index contributed by atoms with van der Waals surface area (Å²) in [6, 6.07) is 7.98. The zero-order valence-corrected chi connectivity index (χ0v) is 12.3. The van der Waals surface area contributed by atoms with Crippen molar-refractivity contribution in [3.8, 4) is 5.75 Å². The number of carbonyl (C=O) groups is 1. The minimum absolute atomic E-state index is 0.0110. The van der Waals surface area contributed by atoms with Crippen molar-refractivity contribution in [2.45, 2.75) is 25.7 Å². The lowest BCUT2D eigenvalue weighted by molar-refractivity contribution is -0.124. The number of unbranched alkanes of at least 4 members (excludes halogenated alkanes) is 1. The van der Waals surface area contributed by atoms with Gasteiger partial charge in [0.25, 0.3) is 0 Å². The number of carbonyl (C=O) groups excluding carboxylic acids is 1. The van der Waals surface area contributed by atoms with Crippen LogP contribution in [-0.2, 0) is 4.79 Å². The molecule has 20 heavy (non-hydrogen) atoms. The number of ether oxygens (including phenoxy) is 1. The van der Waals surface area contributed by atoms with Gasteiger partial charge in [-0.3, -0.25) is 4.79 Å². The lowest BCUT2D eigenvalue weighted by Gasteiger charge is -2.20. The Morgan fingerprint density at radius 3 is 2.95 bits per heavy atom. The first-order valence-corrected chi connectivity index (χ1v) is 7.39. The van der Waals surface area contributed by atoms with Crippen molar-refractivity contribution in [1.29, 1.82) is 0 Å². The van der Waals surface area contributed by atoms with Crippen molar-refractivity contribution >= 4 is 5.91 Å². The molecule has 0 spiro atoms. The van der Waals surface area contributed by atoms with Gasteiger partial charge < -0.3 is 15.4 Å². The molecule has 4 nitrogen and oxygen atoms in total. The van der Waals surface area contributed by atoms with E-state index in [9.17, 15) is 4.79 Å². The van der Waals surface area contributed by atoms with Gasteiger partial charge in [-0.25, -0.2) is 0 Å². The quantitative estimate of drug-likeness (QED) is 0.780. The summed E-state index contributed by atoms with van der Waals surface area (Å²) in [6.07, 6.45) is 2.13. The number of hydrogen-bond donors (Lipinski definition) is 2. The van der Waals surface area contributed by atoms with Crippen LogP contribution in [0.25, 0.3) is 0 Å². The van der Waals surface area contributed by atoms with Gasteiger partial charge in [0.2, 0.25) is 5.91 Å². The molecule has 2 unspecified atom stereocenters. The number of rotatable bonds is 6. The first-order valence-electron chi connectivity index (χ1n) is 7.39. The molecule has 1 fully saturated rings. The van der Waals surface area contributed by atoms with Crippen LogP contribution >= 0.6 is 0 Å². The topological polar surface area (TPSA) is 50.4 Å². The van der Waals surface area contributed by atoms with Crippen LogP contribution in [0.4, 0.5) is 0 Å². The van der Waals surface area contributed by atoms with Crippen molar-refractivity contribution < 1.29 is 9.53 Å². The average molecular weight is 276 g/mol. The van der Waals surface area contributed by atoms with Gasteiger partial charge in [0.15, 0.2) is 0 Å². The maximum atomic E-state index is 12.3. The summed E-state index contributed by atoms with van der Waals surface area (Å²) in [6.45, 7) is 4.46. The van der Waals surface area contributed by atoms with Crippen LogP contribution in [0.1, 0.15) is 31.2 Å². The molecule has 0 bridgehead atoms. The van der Waals surface area contributed by atoms with Crippen molar-refractivity contribution in [3.63, 3.8) is 0 Å². The van der Waals surface area contributed by atoms with Gasteiger partial charge in [-0.1, -0.05) is 31.5 Å². The molecular weight excluding hydrogens is 252 g/mol. The van der Waals surface area contributed by atoms with E-state index in [4.69, 9.17) is 4.74 Å². The molecule has 0 aliphatic carbocycles. The summed E-state index contributed by atoms with van der Waals surface area (Å²) in [5.74, 6) is 1.20. The molecule has 1 aromatic carbocycles. The van der Waals surface area contributed by atoms with Crippen LogP contribution in [0, 0.1) is 5.92 Å². The number of amides is 1. The summed E-state index contributed by atoms with van der Waals surface area (Å²) in [5.41, 5.74) is 1.12. The van der Waals surface area contributed by atoms with Gasteiger partial charge in [-0.2, -0.15) is 0 Å². The van der Waals surface area contributed by atoms with E-state index in [2.05, 4.69) is 23.6 Å². The molecule has 2 rings (SSSR count). The fourth-order valence-corrected chi connectivity index (χ4v) is 2.77. The highest BCUT2D eigenvalue weighted by atomic mass is 16.5. The molecule has 1 saturated heterocycles. The average Bonchev–Trinajstić information content (AvgIpc) is 2.96. The van der Waals surface area contributed by atoms with Crippen molar-refractivity contribution in [2.75, 3.05) is 26.7 Å². The molecule has 1 heterocycles. The highest BCUT2D eigenvalue weighted by Gasteiger charge is 2.35. The molecule has 1 aliphatic rings. The van der Waals surface area contributed by atoms with Crippen molar-refractivity contribution in [3.05, 3.63) is 29.8 Å². The maximum absolute atomic E-state index is 12.3. The number of methoxy groups -OCH3 is 1. The van der Waals surface area contributed by atoms with Gasteiger partial charge in [0.05, 0.1) is 13.0 Å². The Morgan fingerprint density at radius 2 is 2.20 bits per heavy atom. The van der Waals surface area contributed by atoms with Gasteiger partial charge >= 0.3 is 0 Å². The van der Waals surface area contributed by atoms with Crippen LogP contribution in [0.2, 0.25) is 0 Å². The molecule has 0 radical (unpaired) electrons. The molecule has 110 valence electrons. The van der Waals surface area contributed by atoms with Gasteiger partial charge in [-0.05, 0) is 18.1 Å². The van der Waals surface area contributed by atoms with E-state index in [1.807, 2.05) is 18.2 Å². The highest BCUT2D eigenvalue weighted by molar-refractivity contribution is 5.80.